The molecule has 27 heavy (non-hydrogen) atoms. The molecular formula is C20H32N4O3. The first kappa shape index (κ1) is 20.1. The number of methoxy groups -OCH3 is 1. The fourth-order valence-electron chi connectivity index (χ4n) is 4.80. The quantitative estimate of drug-likeness (QED) is 0.755. The second kappa shape index (κ2) is 9.52. The summed E-state index contributed by atoms with van der Waals surface area (Å²) in [5.74, 6) is 0.424. The van der Waals surface area contributed by atoms with Gasteiger partial charge in [-0.3, -0.25) is 9.59 Å². The summed E-state index contributed by atoms with van der Waals surface area (Å²) in [6.45, 7) is 2.47. The summed E-state index contributed by atoms with van der Waals surface area (Å²) in [7, 11) is 1.69. The van der Waals surface area contributed by atoms with E-state index >= 15 is 0 Å². The van der Waals surface area contributed by atoms with Crippen molar-refractivity contribution in [1.29, 1.82) is 5.26 Å². The molecule has 3 fully saturated rings. The van der Waals surface area contributed by atoms with Crippen LogP contribution >= 0.6 is 0 Å². The van der Waals surface area contributed by atoms with Crippen LogP contribution < -0.4 is 5.32 Å². The van der Waals surface area contributed by atoms with Crippen molar-refractivity contribution in [2.75, 3.05) is 33.4 Å². The first-order valence-corrected chi connectivity index (χ1v) is 10.4. The van der Waals surface area contributed by atoms with Gasteiger partial charge in [-0.25, -0.2) is 0 Å². The van der Waals surface area contributed by atoms with E-state index in [1.165, 1.54) is 0 Å². The number of nitrogens with one attached hydrogen (secondary N) is 1. The summed E-state index contributed by atoms with van der Waals surface area (Å²) >= 11 is 0. The Morgan fingerprint density at radius 3 is 2.48 bits per heavy atom. The van der Waals surface area contributed by atoms with Crippen LogP contribution in [-0.4, -0.2) is 73.1 Å². The van der Waals surface area contributed by atoms with E-state index in [4.69, 9.17) is 10.00 Å². The highest BCUT2D eigenvalue weighted by molar-refractivity contribution is 5.80. The molecule has 2 saturated heterocycles. The second-order valence-electron chi connectivity index (χ2n) is 8.09. The first-order valence-electron chi connectivity index (χ1n) is 10.4. The van der Waals surface area contributed by atoms with E-state index in [2.05, 4.69) is 11.4 Å². The normalized spacial score (nSPS) is 31.1. The van der Waals surface area contributed by atoms with E-state index in [-0.39, 0.29) is 35.9 Å². The molecule has 2 aliphatic heterocycles. The summed E-state index contributed by atoms with van der Waals surface area (Å²) in [6, 6.07) is 2.49. The molecule has 2 atom stereocenters. The zero-order chi connectivity index (χ0) is 19.2. The van der Waals surface area contributed by atoms with E-state index < -0.39 is 0 Å². The number of carbonyl (C=O) groups excluding carboxylic acids is 2. The van der Waals surface area contributed by atoms with Crippen LogP contribution in [0, 0.1) is 17.2 Å². The number of nitrogens with zero attached hydrogens (tertiary/aromatic N) is 3. The first-order chi connectivity index (χ1) is 13.1. The lowest BCUT2D eigenvalue weighted by Gasteiger charge is -2.33. The molecule has 1 aliphatic carbocycles. The minimum Gasteiger partial charge on any atom is -0.383 e. The van der Waals surface area contributed by atoms with E-state index in [9.17, 15) is 9.59 Å². The van der Waals surface area contributed by atoms with Gasteiger partial charge in [0.2, 0.25) is 11.8 Å². The fourth-order valence-corrected chi connectivity index (χ4v) is 4.80. The Kier molecular flexibility index (Phi) is 7.08. The monoisotopic (exact) mass is 376 g/mol. The summed E-state index contributed by atoms with van der Waals surface area (Å²) in [5, 5.41) is 12.5. The fraction of sp³-hybridized carbons (Fsp3) is 0.850. The molecule has 0 aromatic carbocycles. The summed E-state index contributed by atoms with van der Waals surface area (Å²) in [4.78, 5) is 28.9. The van der Waals surface area contributed by atoms with Gasteiger partial charge in [-0.1, -0.05) is 0 Å². The Hall–Kier alpha value is -1.65. The molecule has 150 valence electrons. The van der Waals surface area contributed by atoms with E-state index in [1.807, 2.05) is 4.90 Å². The molecule has 0 bridgehead atoms. The van der Waals surface area contributed by atoms with Gasteiger partial charge in [0.15, 0.2) is 0 Å². The molecule has 0 aromatic heterocycles. The van der Waals surface area contributed by atoms with Crippen molar-refractivity contribution in [2.24, 2.45) is 5.92 Å². The number of amides is 2. The summed E-state index contributed by atoms with van der Waals surface area (Å²) in [5.41, 5.74) is 0. The van der Waals surface area contributed by atoms with E-state index in [0.29, 0.717) is 19.7 Å². The maximum atomic E-state index is 12.9. The van der Waals surface area contributed by atoms with Crippen molar-refractivity contribution in [3.05, 3.63) is 0 Å². The van der Waals surface area contributed by atoms with Crippen LogP contribution in [0.2, 0.25) is 0 Å². The maximum absolute atomic E-state index is 12.9. The molecule has 0 unspecified atom stereocenters. The SMILES string of the molecule is COC[C@@H]1CCCN1C(=O)[C@H]1CC[C@H](NCC(=O)N2CCC[C@H]2C#N)CC1. The van der Waals surface area contributed by atoms with Crippen LogP contribution in [0.5, 0.6) is 0 Å². The summed E-state index contributed by atoms with van der Waals surface area (Å²) < 4.78 is 5.26. The highest BCUT2D eigenvalue weighted by Gasteiger charge is 2.35. The molecule has 0 radical (unpaired) electrons. The van der Waals surface area contributed by atoms with Gasteiger partial charge in [0, 0.05) is 32.2 Å². The predicted molar refractivity (Wildman–Crippen MR) is 101 cm³/mol. The Bertz CT molecular complexity index is 568. The maximum Gasteiger partial charge on any atom is 0.237 e. The van der Waals surface area contributed by atoms with Crippen molar-refractivity contribution in [3.63, 3.8) is 0 Å². The van der Waals surface area contributed by atoms with Crippen LogP contribution in [0.1, 0.15) is 51.4 Å². The smallest absolute Gasteiger partial charge is 0.237 e. The van der Waals surface area contributed by atoms with Crippen molar-refractivity contribution < 1.29 is 14.3 Å². The van der Waals surface area contributed by atoms with Crippen LogP contribution in [-0.2, 0) is 14.3 Å². The van der Waals surface area contributed by atoms with Gasteiger partial charge in [-0.05, 0) is 51.4 Å². The largest absolute Gasteiger partial charge is 0.383 e. The van der Waals surface area contributed by atoms with E-state index in [0.717, 1.165) is 57.9 Å². The highest BCUT2D eigenvalue weighted by atomic mass is 16.5. The van der Waals surface area contributed by atoms with E-state index in [1.54, 1.807) is 12.0 Å². The third-order valence-electron chi connectivity index (χ3n) is 6.36. The lowest BCUT2D eigenvalue weighted by atomic mass is 9.85. The second-order valence-corrected chi connectivity index (χ2v) is 8.09. The van der Waals surface area contributed by atoms with Crippen molar-refractivity contribution in [3.8, 4) is 6.07 Å². The molecule has 1 saturated carbocycles. The minimum atomic E-state index is -0.256. The molecule has 7 nitrogen and oxygen atoms in total. The molecule has 0 spiro atoms. The molecular weight excluding hydrogens is 344 g/mol. The van der Waals surface area contributed by atoms with Crippen molar-refractivity contribution in [2.45, 2.75) is 69.5 Å². The minimum absolute atomic E-state index is 0.0247. The molecule has 0 aromatic rings. The molecule has 2 heterocycles. The van der Waals surface area contributed by atoms with Gasteiger partial charge < -0.3 is 19.9 Å². The number of hydrogen-bond acceptors (Lipinski definition) is 5. The Labute approximate surface area is 162 Å². The number of carbonyl (C=O) groups is 2. The Morgan fingerprint density at radius 1 is 1.07 bits per heavy atom. The predicted octanol–water partition coefficient (Wildman–Crippen LogP) is 1.29. The molecule has 7 heteroatoms. The topological polar surface area (TPSA) is 85.7 Å². The lowest BCUT2D eigenvalue weighted by molar-refractivity contribution is -0.138. The van der Waals surface area contributed by atoms with Crippen LogP contribution in [0.4, 0.5) is 0 Å². The number of likely N-dealkylation sites (tertiary alicyclic amines) is 2. The highest BCUT2D eigenvalue weighted by Crippen LogP contribution is 2.29. The van der Waals surface area contributed by atoms with Crippen LogP contribution in [0.3, 0.4) is 0 Å². The zero-order valence-corrected chi connectivity index (χ0v) is 16.4. The molecule has 3 aliphatic rings. The zero-order valence-electron chi connectivity index (χ0n) is 16.4. The van der Waals surface area contributed by atoms with Gasteiger partial charge >= 0.3 is 0 Å². The Balaban J connectivity index is 1.40. The van der Waals surface area contributed by atoms with Crippen molar-refractivity contribution >= 4 is 11.8 Å². The summed E-state index contributed by atoms with van der Waals surface area (Å²) in [6.07, 6.45) is 7.42. The van der Waals surface area contributed by atoms with Gasteiger partial charge in [0.1, 0.15) is 6.04 Å². The molecule has 2 amide bonds. The third-order valence-corrected chi connectivity index (χ3v) is 6.36. The third kappa shape index (κ3) is 4.80. The molecule has 3 rings (SSSR count). The lowest BCUT2D eigenvalue weighted by Crippen LogP contribution is -2.46. The van der Waals surface area contributed by atoms with Crippen molar-refractivity contribution in [1.82, 2.24) is 15.1 Å². The van der Waals surface area contributed by atoms with Gasteiger partial charge in [-0.2, -0.15) is 5.26 Å². The number of ether oxygens (including phenoxy) is 1. The van der Waals surface area contributed by atoms with Crippen LogP contribution in [0.15, 0.2) is 0 Å². The number of nitriles is 1. The molecule has 1 N–H and O–H groups in total. The van der Waals surface area contributed by atoms with Gasteiger partial charge in [0.05, 0.1) is 25.3 Å². The average molecular weight is 377 g/mol. The average Bonchev–Trinajstić information content (AvgIpc) is 3.35. The van der Waals surface area contributed by atoms with Crippen LogP contribution in [0.25, 0.3) is 0 Å². The number of rotatable bonds is 6. The van der Waals surface area contributed by atoms with Gasteiger partial charge in [0.25, 0.3) is 0 Å². The number of hydrogen-bond donors (Lipinski definition) is 1. The van der Waals surface area contributed by atoms with Gasteiger partial charge in [-0.15, -0.1) is 0 Å². The Morgan fingerprint density at radius 2 is 1.78 bits per heavy atom. The standard InChI is InChI=1S/C20H32N4O3/c1-27-14-18-5-3-11-24(18)20(26)15-6-8-16(9-7-15)22-13-19(25)23-10-2-4-17(23)12-21/h15-18,22H,2-11,13-14H2,1H3/t15-,16-,17-,18-/m0/s1.